The number of rotatable bonds is 3. The Kier molecular flexibility index (Phi) is 3.90. The van der Waals surface area contributed by atoms with Crippen LogP contribution in [-0.2, 0) is 0 Å². The molecule has 4 heteroatoms. The number of halogens is 1. The second-order valence-corrected chi connectivity index (χ2v) is 4.39. The van der Waals surface area contributed by atoms with Crippen LogP contribution in [0.4, 0.5) is 4.39 Å². The van der Waals surface area contributed by atoms with E-state index in [-0.39, 0.29) is 11.6 Å². The summed E-state index contributed by atoms with van der Waals surface area (Å²) in [4.78, 5) is 15.4. The molecule has 98 valence electrons. The van der Waals surface area contributed by atoms with Crippen molar-refractivity contribution in [2.24, 2.45) is 0 Å². The Labute approximate surface area is 111 Å². The van der Waals surface area contributed by atoms with Gasteiger partial charge in [0.2, 0.25) is 5.95 Å². The summed E-state index contributed by atoms with van der Waals surface area (Å²) in [6.07, 6.45) is 1.32. The van der Waals surface area contributed by atoms with Gasteiger partial charge in [0, 0.05) is 6.20 Å². The van der Waals surface area contributed by atoms with E-state index in [9.17, 15) is 9.18 Å². The van der Waals surface area contributed by atoms with Gasteiger partial charge in [-0.3, -0.25) is 4.79 Å². The summed E-state index contributed by atoms with van der Waals surface area (Å²) >= 11 is 0. The number of nitrogens with one attached hydrogen (secondary N) is 1. The summed E-state index contributed by atoms with van der Waals surface area (Å²) in [6, 6.07) is 10.5. The van der Waals surface area contributed by atoms with Gasteiger partial charge in [0.05, 0.1) is 11.6 Å². The molecule has 0 aliphatic carbocycles. The lowest BCUT2D eigenvalue weighted by Gasteiger charge is -2.16. The number of hydrogen-bond acceptors (Lipinski definition) is 2. The van der Waals surface area contributed by atoms with Crippen LogP contribution in [0.5, 0.6) is 0 Å². The lowest BCUT2D eigenvalue weighted by molar-refractivity contribution is 0.0935. The molecule has 1 N–H and O–H groups in total. The smallest absolute Gasteiger partial charge is 0.256 e. The van der Waals surface area contributed by atoms with E-state index in [1.54, 1.807) is 0 Å². The highest BCUT2D eigenvalue weighted by Crippen LogP contribution is 2.17. The third kappa shape index (κ3) is 2.96. The topological polar surface area (TPSA) is 42.0 Å². The Bertz CT molecular complexity index is 598. The fourth-order valence-corrected chi connectivity index (χ4v) is 1.98. The van der Waals surface area contributed by atoms with Gasteiger partial charge in [0.15, 0.2) is 0 Å². The van der Waals surface area contributed by atoms with Gasteiger partial charge < -0.3 is 5.32 Å². The Morgan fingerprint density at radius 1 is 1.26 bits per heavy atom. The van der Waals surface area contributed by atoms with Crippen LogP contribution in [0.3, 0.4) is 0 Å². The van der Waals surface area contributed by atoms with Crippen LogP contribution in [-0.4, -0.2) is 10.9 Å². The highest BCUT2D eigenvalue weighted by molar-refractivity contribution is 5.94. The van der Waals surface area contributed by atoms with Crippen LogP contribution in [0.1, 0.15) is 34.5 Å². The maximum atomic E-state index is 13.4. The van der Waals surface area contributed by atoms with Crippen molar-refractivity contribution in [3.05, 3.63) is 65.2 Å². The molecular formula is C15H15FN2O. The van der Waals surface area contributed by atoms with Crippen molar-refractivity contribution < 1.29 is 9.18 Å². The minimum Gasteiger partial charge on any atom is -0.345 e. The molecule has 0 aliphatic heterocycles. The molecule has 0 saturated carbocycles. The third-order valence-electron chi connectivity index (χ3n) is 3.01. The molecule has 19 heavy (non-hydrogen) atoms. The minimum absolute atomic E-state index is 0.0389. The standard InChI is InChI=1S/C15H15FN2O/c1-10-6-3-4-7-12(10)11(2)18-15(19)13-8-5-9-17-14(13)16/h3-9,11H,1-2H3,(H,18,19). The number of amides is 1. The highest BCUT2D eigenvalue weighted by atomic mass is 19.1. The molecule has 0 bridgehead atoms. The average Bonchev–Trinajstić information content (AvgIpc) is 2.39. The fourth-order valence-electron chi connectivity index (χ4n) is 1.98. The predicted octanol–water partition coefficient (Wildman–Crippen LogP) is 3.02. The van der Waals surface area contributed by atoms with Crippen LogP contribution in [0.2, 0.25) is 0 Å². The molecule has 2 rings (SSSR count). The molecule has 1 heterocycles. The van der Waals surface area contributed by atoms with Gasteiger partial charge in [-0.25, -0.2) is 4.98 Å². The Balaban J connectivity index is 2.16. The Hall–Kier alpha value is -2.23. The number of carbonyl (C=O) groups is 1. The summed E-state index contributed by atoms with van der Waals surface area (Å²) < 4.78 is 13.4. The summed E-state index contributed by atoms with van der Waals surface area (Å²) in [5.74, 6) is -1.21. The van der Waals surface area contributed by atoms with E-state index in [2.05, 4.69) is 10.3 Å². The number of aryl methyl sites for hydroxylation is 1. The first-order valence-corrected chi connectivity index (χ1v) is 6.06. The van der Waals surface area contributed by atoms with Gasteiger partial charge in [-0.1, -0.05) is 24.3 Å². The molecular weight excluding hydrogens is 243 g/mol. The summed E-state index contributed by atoms with van der Waals surface area (Å²) in [5.41, 5.74) is 2.06. The van der Waals surface area contributed by atoms with Crippen molar-refractivity contribution in [1.29, 1.82) is 0 Å². The first-order valence-electron chi connectivity index (χ1n) is 6.06. The SMILES string of the molecule is Cc1ccccc1C(C)NC(=O)c1cccnc1F. The second kappa shape index (κ2) is 5.61. The van der Waals surface area contributed by atoms with Gasteiger partial charge in [0.25, 0.3) is 5.91 Å². The first-order chi connectivity index (χ1) is 9.09. The molecule has 1 aromatic carbocycles. The van der Waals surface area contributed by atoms with Gasteiger partial charge in [-0.15, -0.1) is 0 Å². The molecule has 1 aromatic heterocycles. The molecule has 2 aromatic rings. The lowest BCUT2D eigenvalue weighted by Crippen LogP contribution is -2.28. The van der Waals surface area contributed by atoms with Gasteiger partial charge in [-0.2, -0.15) is 4.39 Å². The van der Waals surface area contributed by atoms with Crippen molar-refractivity contribution in [2.45, 2.75) is 19.9 Å². The zero-order valence-corrected chi connectivity index (χ0v) is 10.9. The van der Waals surface area contributed by atoms with Crippen LogP contribution < -0.4 is 5.32 Å². The van der Waals surface area contributed by atoms with Crippen LogP contribution in [0.25, 0.3) is 0 Å². The van der Waals surface area contributed by atoms with E-state index in [4.69, 9.17) is 0 Å². The summed E-state index contributed by atoms with van der Waals surface area (Å²) in [6.45, 7) is 3.84. The lowest BCUT2D eigenvalue weighted by atomic mass is 10.0. The Morgan fingerprint density at radius 2 is 2.00 bits per heavy atom. The zero-order valence-electron chi connectivity index (χ0n) is 10.9. The van der Waals surface area contributed by atoms with Crippen molar-refractivity contribution in [3.63, 3.8) is 0 Å². The first kappa shape index (κ1) is 13.2. The normalized spacial score (nSPS) is 11.9. The van der Waals surface area contributed by atoms with E-state index in [0.29, 0.717) is 0 Å². The summed E-state index contributed by atoms with van der Waals surface area (Å²) in [7, 11) is 0. The maximum Gasteiger partial charge on any atom is 0.256 e. The van der Waals surface area contributed by atoms with E-state index >= 15 is 0 Å². The summed E-state index contributed by atoms with van der Waals surface area (Å²) in [5, 5.41) is 2.78. The van der Waals surface area contributed by atoms with E-state index in [1.165, 1.54) is 18.3 Å². The quantitative estimate of drug-likeness (QED) is 0.860. The zero-order chi connectivity index (χ0) is 13.8. The molecule has 0 aliphatic rings. The van der Waals surface area contributed by atoms with E-state index in [1.807, 2.05) is 38.1 Å². The molecule has 0 radical (unpaired) electrons. The highest BCUT2D eigenvalue weighted by Gasteiger charge is 2.16. The fraction of sp³-hybridized carbons (Fsp3) is 0.200. The predicted molar refractivity (Wildman–Crippen MR) is 71.3 cm³/mol. The van der Waals surface area contributed by atoms with Gasteiger partial charge in [-0.05, 0) is 37.1 Å². The van der Waals surface area contributed by atoms with E-state index < -0.39 is 11.9 Å². The number of aromatic nitrogens is 1. The maximum absolute atomic E-state index is 13.4. The van der Waals surface area contributed by atoms with Crippen molar-refractivity contribution in [2.75, 3.05) is 0 Å². The second-order valence-electron chi connectivity index (χ2n) is 4.39. The van der Waals surface area contributed by atoms with Gasteiger partial charge in [0.1, 0.15) is 0 Å². The molecule has 1 atom stereocenters. The van der Waals surface area contributed by atoms with Crippen molar-refractivity contribution in [3.8, 4) is 0 Å². The van der Waals surface area contributed by atoms with Crippen molar-refractivity contribution >= 4 is 5.91 Å². The minimum atomic E-state index is -0.753. The number of benzene rings is 1. The third-order valence-corrected chi connectivity index (χ3v) is 3.01. The van der Waals surface area contributed by atoms with Gasteiger partial charge >= 0.3 is 0 Å². The molecule has 3 nitrogen and oxygen atoms in total. The average molecular weight is 258 g/mol. The number of hydrogen-bond donors (Lipinski definition) is 1. The van der Waals surface area contributed by atoms with Crippen LogP contribution in [0.15, 0.2) is 42.6 Å². The Morgan fingerprint density at radius 3 is 2.68 bits per heavy atom. The monoisotopic (exact) mass is 258 g/mol. The van der Waals surface area contributed by atoms with Crippen LogP contribution >= 0.6 is 0 Å². The molecule has 0 saturated heterocycles. The number of pyridine rings is 1. The molecule has 1 unspecified atom stereocenters. The molecule has 1 amide bonds. The van der Waals surface area contributed by atoms with Crippen LogP contribution in [0, 0.1) is 12.9 Å². The number of nitrogens with zero attached hydrogens (tertiary/aromatic N) is 1. The largest absolute Gasteiger partial charge is 0.345 e. The number of carbonyl (C=O) groups excluding carboxylic acids is 1. The molecule has 0 fully saturated rings. The van der Waals surface area contributed by atoms with Crippen molar-refractivity contribution in [1.82, 2.24) is 10.3 Å². The molecule has 0 spiro atoms. The van der Waals surface area contributed by atoms with E-state index in [0.717, 1.165) is 11.1 Å².